The van der Waals surface area contributed by atoms with Crippen molar-refractivity contribution < 1.29 is 9.53 Å². The first-order valence-corrected chi connectivity index (χ1v) is 9.86. The number of primary amides is 1. The summed E-state index contributed by atoms with van der Waals surface area (Å²) in [6.07, 6.45) is 6.76. The quantitative estimate of drug-likeness (QED) is 0.560. The maximum Gasteiger partial charge on any atom is 0.223 e. The number of benzene rings is 1. The molecule has 0 spiro atoms. The molecule has 0 radical (unpaired) electrons. The lowest BCUT2D eigenvalue weighted by molar-refractivity contribution is -0.122. The number of aromatic nitrogens is 3. The number of rotatable bonds is 5. The number of ether oxygens (including phenoxy) is 1. The van der Waals surface area contributed by atoms with Gasteiger partial charge in [-0.1, -0.05) is 23.8 Å². The fourth-order valence-electron chi connectivity index (χ4n) is 4.53. The van der Waals surface area contributed by atoms with E-state index in [0.29, 0.717) is 27.7 Å². The van der Waals surface area contributed by atoms with Gasteiger partial charge in [-0.15, -0.1) is 0 Å². The molecular formula is C21H20ClN5O2. The Bertz CT molecular complexity index is 1120. The van der Waals surface area contributed by atoms with E-state index >= 15 is 0 Å². The highest BCUT2D eigenvalue weighted by atomic mass is 35.5. The minimum Gasteiger partial charge on any atom is -0.497 e. The number of allylic oxidation sites excluding steroid dienone is 1. The van der Waals surface area contributed by atoms with Gasteiger partial charge in [0.25, 0.3) is 0 Å². The zero-order valence-corrected chi connectivity index (χ0v) is 16.5. The molecule has 2 aromatic heterocycles. The number of pyridine rings is 1. The van der Waals surface area contributed by atoms with E-state index in [1.807, 2.05) is 24.3 Å². The fraction of sp³-hybridized carbons (Fsp3) is 0.286. The number of methoxy groups -OCH3 is 1. The van der Waals surface area contributed by atoms with Crippen molar-refractivity contribution >= 4 is 34.4 Å². The van der Waals surface area contributed by atoms with Crippen LogP contribution in [0.1, 0.15) is 6.42 Å². The SMILES string of the molecule is COc1ccc(-c2nc3ncc(Cl)c(N[C@H]4[C@@H](C(N)=O)[C@@H]5C=C[C@@H]4C5)c3[nH]2)cc1. The van der Waals surface area contributed by atoms with Crippen LogP contribution in [0, 0.1) is 17.8 Å². The van der Waals surface area contributed by atoms with Crippen LogP contribution >= 0.6 is 11.6 Å². The first-order valence-electron chi connectivity index (χ1n) is 9.48. The van der Waals surface area contributed by atoms with Gasteiger partial charge in [-0.2, -0.15) is 0 Å². The maximum atomic E-state index is 12.1. The van der Waals surface area contributed by atoms with E-state index in [1.165, 1.54) is 0 Å². The number of halogens is 1. The van der Waals surface area contributed by atoms with Gasteiger partial charge in [0.2, 0.25) is 5.91 Å². The van der Waals surface area contributed by atoms with Crippen molar-refractivity contribution in [3.05, 3.63) is 47.6 Å². The average molecular weight is 410 g/mol. The van der Waals surface area contributed by atoms with E-state index in [4.69, 9.17) is 22.1 Å². The fourth-order valence-corrected chi connectivity index (χ4v) is 4.73. The Kier molecular flexibility index (Phi) is 4.20. The second-order valence-electron chi connectivity index (χ2n) is 7.54. The Morgan fingerprint density at radius 2 is 2.03 bits per heavy atom. The Labute approximate surface area is 172 Å². The number of fused-ring (bicyclic) bond motifs is 3. The second-order valence-corrected chi connectivity index (χ2v) is 7.95. The standard InChI is InChI=1S/C21H20ClN5O2/c1-29-13-6-4-10(5-7-13)20-26-18-17(14(22)9-24-21(18)27-20)25-16-12-3-2-11(8-12)15(16)19(23)28/h2-7,9,11-12,15-16H,8H2,1H3,(H2,23,28)(H2,24,25,26,27)/t11-,12-,15+,16-/m1/s1. The van der Waals surface area contributed by atoms with Gasteiger partial charge in [0.1, 0.15) is 17.1 Å². The van der Waals surface area contributed by atoms with E-state index < -0.39 is 0 Å². The van der Waals surface area contributed by atoms with Gasteiger partial charge in [0.05, 0.1) is 29.9 Å². The number of nitrogens with one attached hydrogen (secondary N) is 2. The number of hydrogen-bond acceptors (Lipinski definition) is 5. The van der Waals surface area contributed by atoms with E-state index in [-0.39, 0.29) is 29.7 Å². The molecule has 2 heterocycles. The number of nitrogens with zero attached hydrogens (tertiary/aromatic N) is 2. The van der Waals surface area contributed by atoms with Crippen molar-refractivity contribution in [2.24, 2.45) is 23.5 Å². The Hall–Kier alpha value is -3.06. The largest absolute Gasteiger partial charge is 0.497 e. The number of aromatic amines is 1. The first-order chi connectivity index (χ1) is 14.0. The number of amides is 1. The molecule has 5 rings (SSSR count). The van der Waals surface area contributed by atoms with Gasteiger partial charge in [-0.05, 0) is 42.5 Å². The van der Waals surface area contributed by atoms with Crippen LogP contribution in [0.15, 0.2) is 42.6 Å². The summed E-state index contributed by atoms with van der Waals surface area (Å²) in [4.78, 5) is 24.3. The lowest BCUT2D eigenvalue weighted by Gasteiger charge is -2.28. The molecule has 7 nitrogen and oxygen atoms in total. The normalized spacial score (nSPS) is 24.9. The van der Waals surface area contributed by atoms with Gasteiger partial charge in [0.15, 0.2) is 5.65 Å². The number of imidazole rings is 1. The van der Waals surface area contributed by atoms with Crippen LogP contribution in [0.2, 0.25) is 5.02 Å². The molecule has 2 aliphatic rings. The second kappa shape index (κ2) is 6.77. The number of carbonyl (C=O) groups is 1. The smallest absolute Gasteiger partial charge is 0.223 e. The summed E-state index contributed by atoms with van der Waals surface area (Å²) in [5, 5.41) is 3.95. The lowest BCUT2D eigenvalue weighted by Crippen LogP contribution is -2.41. The molecule has 1 aromatic carbocycles. The number of anilines is 1. The minimum atomic E-state index is -0.288. The highest BCUT2D eigenvalue weighted by molar-refractivity contribution is 6.34. The monoisotopic (exact) mass is 409 g/mol. The molecule has 148 valence electrons. The average Bonchev–Trinajstić information content (AvgIpc) is 3.44. The van der Waals surface area contributed by atoms with Gasteiger partial charge in [-0.3, -0.25) is 4.79 Å². The third-order valence-corrected chi connectivity index (χ3v) is 6.22. The van der Waals surface area contributed by atoms with Crippen LogP contribution in [0.25, 0.3) is 22.6 Å². The number of nitrogens with two attached hydrogens (primary N) is 1. The molecule has 1 fully saturated rings. The van der Waals surface area contributed by atoms with Crippen molar-refractivity contribution in [1.29, 1.82) is 0 Å². The van der Waals surface area contributed by atoms with Crippen molar-refractivity contribution in [3.63, 3.8) is 0 Å². The number of carbonyl (C=O) groups excluding carboxylic acids is 1. The molecule has 1 amide bonds. The van der Waals surface area contributed by atoms with Crippen LogP contribution in [0.5, 0.6) is 5.75 Å². The molecule has 0 saturated heterocycles. The summed E-state index contributed by atoms with van der Waals surface area (Å²) in [7, 11) is 1.63. The van der Waals surface area contributed by atoms with Crippen molar-refractivity contribution in [2.75, 3.05) is 12.4 Å². The third-order valence-electron chi connectivity index (χ3n) is 5.94. The summed E-state index contributed by atoms with van der Waals surface area (Å²) in [6.45, 7) is 0. The van der Waals surface area contributed by atoms with Crippen molar-refractivity contribution in [3.8, 4) is 17.1 Å². The first kappa shape index (κ1) is 18.0. The van der Waals surface area contributed by atoms with Crippen molar-refractivity contribution in [2.45, 2.75) is 12.5 Å². The Morgan fingerprint density at radius 1 is 1.28 bits per heavy atom. The number of hydrogen-bond donors (Lipinski definition) is 3. The molecule has 0 unspecified atom stereocenters. The van der Waals surface area contributed by atoms with Crippen LogP contribution < -0.4 is 15.8 Å². The zero-order valence-electron chi connectivity index (χ0n) is 15.7. The molecule has 8 heteroatoms. The predicted octanol–water partition coefficient (Wildman–Crippen LogP) is 3.37. The molecule has 2 aliphatic carbocycles. The summed E-state index contributed by atoms with van der Waals surface area (Å²) < 4.78 is 5.21. The van der Waals surface area contributed by atoms with Gasteiger partial charge in [-0.25, -0.2) is 9.97 Å². The van der Waals surface area contributed by atoms with Gasteiger partial charge < -0.3 is 20.8 Å². The van der Waals surface area contributed by atoms with Crippen molar-refractivity contribution in [1.82, 2.24) is 15.0 Å². The molecule has 0 aliphatic heterocycles. The van der Waals surface area contributed by atoms with Crippen LogP contribution in [0.3, 0.4) is 0 Å². The molecule has 1 saturated carbocycles. The zero-order chi connectivity index (χ0) is 20.1. The van der Waals surface area contributed by atoms with E-state index in [9.17, 15) is 4.79 Å². The van der Waals surface area contributed by atoms with Crippen LogP contribution in [-0.2, 0) is 4.79 Å². The third kappa shape index (κ3) is 2.93. The van der Waals surface area contributed by atoms with E-state index in [0.717, 1.165) is 17.7 Å². The van der Waals surface area contributed by atoms with Crippen LogP contribution in [-0.4, -0.2) is 34.0 Å². The molecule has 2 bridgehead atoms. The van der Waals surface area contributed by atoms with Crippen LogP contribution in [0.4, 0.5) is 5.69 Å². The summed E-state index contributed by atoms with van der Waals surface area (Å²) in [5.41, 5.74) is 8.56. The lowest BCUT2D eigenvalue weighted by atomic mass is 9.88. The molecule has 4 N–H and O–H groups in total. The molecule has 29 heavy (non-hydrogen) atoms. The molecule has 4 atom stereocenters. The number of H-pyrrole nitrogens is 1. The minimum absolute atomic E-state index is 0.0988. The predicted molar refractivity (Wildman–Crippen MR) is 112 cm³/mol. The highest BCUT2D eigenvalue weighted by Gasteiger charge is 2.47. The maximum absolute atomic E-state index is 12.1. The summed E-state index contributed by atoms with van der Waals surface area (Å²) >= 11 is 6.48. The Morgan fingerprint density at radius 3 is 2.76 bits per heavy atom. The summed E-state index contributed by atoms with van der Waals surface area (Å²) in [6, 6.07) is 7.50. The molecular weight excluding hydrogens is 390 g/mol. The topological polar surface area (TPSA) is 106 Å². The van der Waals surface area contributed by atoms with E-state index in [1.54, 1.807) is 13.3 Å². The summed E-state index contributed by atoms with van der Waals surface area (Å²) in [5.74, 6) is 1.34. The molecule has 3 aromatic rings. The van der Waals surface area contributed by atoms with E-state index in [2.05, 4.69) is 32.4 Å². The Balaban J connectivity index is 1.53. The van der Waals surface area contributed by atoms with Gasteiger partial charge in [0, 0.05) is 11.6 Å². The van der Waals surface area contributed by atoms with Gasteiger partial charge >= 0.3 is 0 Å². The highest BCUT2D eigenvalue weighted by Crippen LogP contribution is 2.46.